The number of nitrogens with zero attached hydrogens (tertiary/aromatic N) is 1. The van der Waals surface area contributed by atoms with Crippen molar-refractivity contribution in [1.82, 2.24) is 10.3 Å². The minimum Gasteiger partial charge on any atom is -0.460 e. The molecule has 0 spiro atoms. The summed E-state index contributed by atoms with van der Waals surface area (Å²) in [4.78, 5) is 33.2. The van der Waals surface area contributed by atoms with Crippen LogP contribution in [-0.4, -0.2) is 28.0 Å². The molecule has 1 heterocycles. The Labute approximate surface area is 248 Å². The molecule has 1 amide bonds. The largest absolute Gasteiger partial charge is 0.460 e. The van der Waals surface area contributed by atoms with Gasteiger partial charge in [-0.15, -0.1) is 0 Å². The van der Waals surface area contributed by atoms with Crippen LogP contribution in [-0.2, 0) is 9.53 Å². The highest BCUT2D eigenvalue weighted by Crippen LogP contribution is 2.59. The van der Waals surface area contributed by atoms with Crippen LogP contribution in [0, 0.1) is 19.3 Å². The lowest BCUT2D eigenvalue weighted by molar-refractivity contribution is -0.176. The van der Waals surface area contributed by atoms with Gasteiger partial charge in [-0.05, 0) is 90.0 Å². The minimum absolute atomic E-state index is 0.00130. The molecule has 1 atom stereocenters. The van der Waals surface area contributed by atoms with Gasteiger partial charge in [0, 0.05) is 22.4 Å². The number of carbonyl (C=O) groups is 2. The second-order valence-corrected chi connectivity index (χ2v) is 13.4. The summed E-state index contributed by atoms with van der Waals surface area (Å²) in [6.07, 6.45) is 3.52. The normalized spacial score (nSPS) is 23.5. The number of carbonyl (C=O) groups excluding carboxylic acids is 2. The first-order valence-corrected chi connectivity index (χ1v) is 15.1. The molecule has 7 rings (SSSR count). The van der Waals surface area contributed by atoms with E-state index in [2.05, 4.69) is 23.5 Å². The smallest absolute Gasteiger partial charge is 0.312 e. The van der Waals surface area contributed by atoms with E-state index in [1.54, 1.807) is 0 Å². The molecule has 0 saturated heterocycles. The van der Waals surface area contributed by atoms with Gasteiger partial charge in [0.1, 0.15) is 5.60 Å². The summed E-state index contributed by atoms with van der Waals surface area (Å²) < 4.78 is 5.96. The maximum Gasteiger partial charge on any atom is 0.312 e. The number of pyridine rings is 1. The number of esters is 1. The predicted molar refractivity (Wildman–Crippen MR) is 167 cm³/mol. The third kappa shape index (κ3) is 4.99. The van der Waals surface area contributed by atoms with Crippen molar-refractivity contribution in [2.45, 2.75) is 83.8 Å². The van der Waals surface area contributed by atoms with E-state index in [4.69, 9.17) is 9.72 Å². The van der Waals surface area contributed by atoms with Crippen molar-refractivity contribution in [2.75, 3.05) is 0 Å². The van der Waals surface area contributed by atoms with Crippen LogP contribution in [0.15, 0.2) is 78.9 Å². The zero-order valence-corrected chi connectivity index (χ0v) is 25.3. The fraction of sp³-hybridized carbons (Fsp3) is 0.378. The first-order chi connectivity index (χ1) is 20.0. The van der Waals surface area contributed by atoms with E-state index in [-0.39, 0.29) is 17.8 Å². The van der Waals surface area contributed by atoms with E-state index in [0.29, 0.717) is 24.8 Å². The highest BCUT2D eigenvalue weighted by Gasteiger charge is 2.59. The molecule has 2 bridgehead atoms. The lowest BCUT2D eigenvalue weighted by Gasteiger charge is -2.57. The van der Waals surface area contributed by atoms with Gasteiger partial charge < -0.3 is 10.1 Å². The fourth-order valence-electron chi connectivity index (χ4n) is 7.25. The molecule has 3 aromatic carbocycles. The molecule has 216 valence electrons. The van der Waals surface area contributed by atoms with Crippen molar-refractivity contribution in [3.63, 3.8) is 0 Å². The number of aryl methyl sites for hydroxylation is 1. The lowest BCUT2D eigenvalue weighted by Crippen LogP contribution is -2.62. The fourth-order valence-corrected chi connectivity index (χ4v) is 7.25. The zero-order chi connectivity index (χ0) is 29.7. The Bertz CT molecular complexity index is 1650. The number of hydrogen-bond donors (Lipinski definition) is 1. The van der Waals surface area contributed by atoms with Gasteiger partial charge in [0.25, 0.3) is 5.91 Å². The Balaban J connectivity index is 1.42. The number of benzene rings is 3. The van der Waals surface area contributed by atoms with Crippen molar-refractivity contribution < 1.29 is 14.3 Å². The number of aromatic nitrogens is 1. The number of fused-ring (bicyclic) bond motifs is 4. The Morgan fingerprint density at radius 2 is 1.52 bits per heavy atom. The maximum absolute atomic E-state index is 14.6. The number of amides is 1. The van der Waals surface area contributed by atoms with Crippen LogP contribution in [0.2, 0.25) is 0 Å². The molecule has 0 aliphatic heterocycles. The molecule has 5 heteroatoms. The molecule has 3 aliphatic rings. The second-order valence-electron chi connectivity index (χ2n) is 13.4. The van der Waals surface area contributed by atoms with Gasteiger partial charge in [-0.3, -0.25) is 9.59 Å². The Morgan fingerprint density at radius 1 is 0.881 bits per heavy atom. The van der Waals surface area contributed by atoms with Crippen LogP contribution in [0.5, 0.6) is 0 Å². The van der Waals surface area contributed by atoms with Crippen LogP contribution in [0.25, 0.3) is 22.2 Å². The Morgan fingerprint density at radius 3 is 2.17 bits per heavy atom. The van der Waals surface area contributed by atoms with Gasteiger partial charge >= 0.3 is 5.97 Å². The van der Waals surface area contributed by atoms with Gasteiger partial charge in [0.15, 0.2) is 0 Å². The predicted octanol–water partition coefficient (Wildman–Crippen LogP) is 8.08. The third-order valence-corrected chi connectivity index (χ3v) is 9.42. The summed E-state index contributed by atoms with van der Waals surface area (Å²) in [5.41, 5.74) is 4.89. The number of ether oxygens (including phenoxy) is 1. The topological polar surface area (TPSA) is 68.3 Å². The van der Waals surface area contributed by atoms with E-state index in [1.165, 1.54) is 0 Å². The quantitative estimate of drug-likeness (QED) is 0.251. The summed E-state index contributed by atoms with van der Waals surface area (Å²) in [5.74, 6) is -0.175. The maximum atomic E-state index is 14.6. The highest BCUT2D eigenvalue weighted by molar-refractivity contribution is 6.09. The summed E-state index contributed by atoms with van der Waals surface area (Å²) in [6, 6.07) is 26.6. The summed E-state index contributed by atoms with van der Waals surface area (Å²) in [7, 11) is 0. The van der Waals surface area contributed by atoms with E-state index in [0.717, 1.165) is 51.7 Å². The van der Waals surface area contributed by atoms with Crippen molar-refractivity contribution >= 4 is 22.8 Å². The lowest BCUT2D eigenvalue weighted by atomic mass is 9.51. The van der Waals surface area contributed by atoms with E-state index >= 15 is 0 Å². The average molecular weight is 561 g/mol. The number of hydrogen-bond acceptors (Lipinski definition) is 4. The van der Waals surface area contributed by atoms with E-state index < -0.39 is 16.6 Å². The average Bonchev–Trinajstić information content (AvgIpc) is 2.97. The molecule has 3 aliphatic carbocycles. The molecule has 42 heavy (non-hydrogen) atoms. The van der Waals surface area contributed by atoms with Crippen LogP contribution in [0.1, 0.15) is 85.8 Å². The summed E-state index contributed by atoms with van der Waals surface area (Å²) >= 11 is 0. The van der Waals surface area contributed by atoms with Crippen molar-refractivity contribution in [3.8, 4) is 11.3 Å². The zero-order valence-electron chi connectivity index (χ0n) is 25.3. The molecular formula is C37H40N2O3. The third-order valence-electron chi connectivity index (χ3n) is 9.42. The van der Waals surface area contributed by atoms with Gasteiger partial charge in [-0.2, -0.15) is 0 Å². The van der Waals surface area contributed by atoms with Crippen LogP contribution >= 0.6 is 0 Å². The molecular weight excluding hydrogens is 520 g/mol. The molecule has 0 radical (unpaired) electrons. The standard InChI is InChI=1S/C37H40N2O3/c1-24-16-17-30-28(22-24)31(25(2)32(38-30)27-14-10-7-11-15-27)33(40)39-37-20-18-36(19-21-37,34(41)42-35(3,4)5)23-29(37)26-12-8-6-9-13-26/h6-17,22,29H,18-21,23H2,1-5H3,(H,39,40). The van der Waals surface area contributed by atoms with Crippen LogP contribution in [0.3, 0.4) is 0 Å². The molecule has 3 saturated carbocycles. The monoisotopic (exact) mass is 560 g/mol. The molecule has 3 fully saturated rings. The summed E-state index contributed by atoms with van der Waals surface area (Å²) in [6.45, 7) is 9.84. The van der Waals surface area contributed by atoms with Crippen LogP contribution in [0.4, 0.5) is 0 Å². The first kappa shape index (κ1) is 28.1. The minimum atomic E-state index is -0.539. The van der Waals surface area contributed by atoms with Crippen molar-refractivity contribution in [2.24, 2.45) is 5.41 Å². The summed E-state index contributed by atoms with van der Waals surface area (Å²) in [5, 5.41) is 4.47. The van der Waals surface area contributed by atoms with Crippen molar-refractivity contribution in [1.29, 1.82) is 0 Å². The van der Waals surface area contributed by atoms with E-state index in [1.807, 2.05) is 95.3 Å². The Kier molecular flexibility index (Phi) is 6.95. The number of nitrogens with one attached hydrogen (secondary N) is 1. The van der Waals surface area contributed by atoms with Gasteiger partial charge in [-0.1, -0.05) is 72.3 Å². The molecule has 1 unspecified atom stereocenters. The highest BCUT2D eigenvalue weighted by atomic mass is 16.6. The van der Waals surface area contributed by atoms with E-state index in [9.17, 15) is 9.59 Å². The second kappa shape index (κ2) is 10.4. The van der Waals surface area contributed by atoms with Gasteiger partial charge in [0.2, 0.25) is 0 Å². The van der Waals surface area contributed by atoms with Gasteiger partial charge in [0.05, 0.1) is 22.2 Å². The van der Waals surface area contributed by atoms with Crippen molar-refractivity contribution in [3.05, 3.63) is 101 Å². The SMILES string of the molecule is Cc1ccc2nc(-c3ccccc3)c(C)c(C(=O)NC34CCC(C(=O)OC(C)(C)C)(CC3)CC4c3ccccc3)c2c1. The van der Waals surface area contributed by atoms with Crippen LogP contribution < -0.4 is 5.32 Å². The Hall–Kier alpha value is -3.99. The van der Waals surface area contributed by atoms with Gasteiger partial charge in [-0.25, -0.2) is 4.98 Å². The molecule has 4 aromatic rings. The molecule has 5 nitrogen and oxygen atoms in total. The molecule has 1 aromatic heterocycles. The molecule has 1 N–H and O–H groups in total. The number of rotatable bonds is 5. The first-order valence-electron chi connectivity index (χ1n) is 15.1.